The lowest BCUT2D eigenvalue weighted by Crippen LogP contribution is -2.30. The highest BCUT2D eigenvalue weighted by atomic mass is 16.6. The van der Waals surface area contributed by atoms with E-state index < -0.39 is 18.2 Å². The van der Waals surface area contributed by atoms with E-state index in [1.54, 1.807) is 12.1 Å². The molecule has 1 aromatic rings. The molecule has 1 N–H and O–H groups in total. The van der Waals surface area contributed by atoms with E-state index in [4.69, 9.17) is 9.15 Å². The summed E-state index contributed by atoms with van der Waals surface area (Å²) in [4.78, 5) is 11.1. The molecule has 1 heterocycles. The van der Waals surface area contributed by atoms with Gasteiger partial charge in [-0.25, -0.2) is 4.79 Å². The third-order valence-electron chi connectivity index (χ3n) is 1.81. The fraction of sp³-hybridized carbons (Fsp3) is 0.444. The van der Waals surface area contributed by atoms with Crippen LogP contribution in [0.2, 0.25) is 0 Å². The summed E-state index contributed by atoms with van der Waals surface area (Å²) in [6.45, 7) is 0. The average Bonchev–Trinajstić information content (AvgIpc) is 2.71. The zero-order chi connectivity index (χ0) is 10.6. The van der Waals surface area contributed by atoms with Gasteiger partial charge in [0.05, 0.1) is 13.4 Å². The minimum Gasteiger partial charge on any atom is -0.467 e. The van der Waals surface area contributed by atoms with E-state index in [1.807, 2.05) is 0 Å². The van der Waals surface area contributed by atoms with Gasteiger partial charge in [-0.1, -0.05) is 0 Å². The van der Waals surface area contributed by atoms with Gasteiger partial charge in [-0.2, -0.15) is 0 Å². The highest BCUT2D eigenvalue weighted by Crippen LogP contribution is 2.19. The molecule has 2 atom stereocenters. The van der Waals surface area contributed by atoms with Crippen molar-refractivity contribution in [3.8, 4) is 0 Å². The Kier molecular flexibility index (Phi) is 3.67. The monoisotopic (exact) mass is 200 g/mol. The summed E-state index contributed by atoms with van der Waals surface area (Å²) >= 11 is 0. The predicted octanol–water partition coefficient (Wildman–Crippen LogP) is 0.501. The molecule has 0 unspecified atom stereocenters. The van der Waals surface area contributed by atoms with Gasteiger partial charge in [-0.05, 0) is 12.1 Å². The summed E-state index contributed by atoms with van der Waals surface area (Å²) in [5.74, 6) is -0.376. The Morgan fingerprint density at radius 1 is 1.57 bits per heavy atom. The first kappa shape index (κ1) is 10.7. The number of aliphatic hydroxyl groups excluding tert-OH is 1. The first-order chi connectivity index (χ1) is 6.70. The van der Waals surface area contributed by atoms with Crippen LogP contribution in [0.4, 0.5) is 0 Å². The molecule has 14 heavy (non-hydrogen) atoms. The number of rotatable bonds is 4. The average molecular weight is 200 g/mol. The zero-order valence-corrected chi connectivity index (χ0v) is 7.97. The van der Waals surface area contributed by atoms with Gasteiger partial charge in [0.15, 0.2) is 6.10 Å². The Balaban J connectivity index is 2.75. The SMILES string of the molecule is COC(=O)[C@@H](OC)[C@H](O)c1ccco1. The Hall–Kier alpha value is -1.33. The minimum atomic E-state index is -1.15. The Bertz CT molecular complexity index is 279. The van der Waals surface area contributed by atoms with Crippen LogP contribution in [0.3, 0.4) is 0 Å². The van der Waals surface area contributed by atoms with Crippen molar-refractivity contribution in [2.24, 2.45) is 0 Å². The predicted molar refractivity (Wildman–Crippen MR) is 46.5 cm³/mol. The van der Waals surface area contributed by atoms with Crippen LogP contribution < -0.4 is 0 Å². The molecule has 0 aliphatic rings. The van der Waals surface area contributed by atoms with Crippen LogP contribution in [0.15, 0.2) is 22.8 Å². The maximum atomic E-state index is 11.1. The van der Waals surface area contributed by atoms with Gasteiger partial charge < -0.3 is 19.0 Å². The molecular formula is C9H12O5. The van der Waals surface area contributed by atoms with Crippen molar-refractivity contribution in [1.29, 1.82) is 0 Å². The summed E-state index contributed by atoms with van der Waals surface area (Å²) in [6.07, 6.45) is -0.809. The van der Waals surface area contributed by atoms with E-state index in [0.717, 1.165) is 0 Å². The quantitative estimate of drug-likeness (QED) is 0.717. The molecule has 0 saturated carbocycles. The van der Waals surface area contributed by atoms with E-state index in [1.165, 1.54) is 20.5 Å². The van der Waals surface area contributed by atoms with Gasteiger partial charge in [0, 0.05) is 7.11 Å². The lowest BCUT2D eigenvalue weighted by Gasteiger charge is -2.16. The van der Waals surface area contributed by atoms with E-state index >= 15 is 0 Å². The standard InChI is InChI=1S/C9H12O5/c1-12-8(9(11)13-2)7(10)6-4-3-5-14-6/h3-5,7-8,10H,1-2H3/t7-,8+/m1/s1. The van der Waals surface area contributed by atoms with Crippen LogP contribution in [0, 0.1) is 0 Å². The third-order valence-corrected chi connectivity index (χ3v) is 1.81. The van der Waals surface area contributed by atoms with Crippen LogP contribution in [0.5, 0.6) is 0 Å². The van der Waals surface area contributed by atoms with Crippen molar-refractivity contribution in [1.82, 2.24) is 0 Å². The normalized spacial score (nSPS) is 14.8. The molecule has 0 amide bonds. The zero-order valence-electron chi connectivity index (χ0n) is 7.97. The highest BCUT2D eigenvalue weighted by Gasteiger charge is 2.30. The molecule has 0 radical (unpaired) electrons. The van der Waals surface area contributed by atoms with E-state index in [9.17, 15) is 9.90 Å². The van der Waals surface area contributed by atoms with E-state index in [2.05, 4.69) is 4.74 Å². The molecule has 0 aliphatic heterocycles. The number of carbonyl (C=O) groups excluding carboxylic acids is 1. The van der Waals surface area contributed by atoms with E-state index in [-0.39, 0.29) is 5.76 Å². The highest BCUT2D eigenvalue weighted by molar-refractivity contribution is 5.75. The Morgan fingerprint density at radius 2 is 2.29 bits per heavy atom. The molecule has 5 nitrogen and oxygen atoms in total. The summed E-state index contributed by atoms with van der Waals surface area (Å²) in [6, 6.07) is 3.17. The molecule has 78 valence electrons. The third kappa shape index (κ3) is 2.12. The number of hydrogen-bond acceptors (Lipinski definition) is 5. The molecule has 0 spiro atoms. The second kappa shape index (κ2) is 4.78. The molecular weight excluding hydrogens is 188 g/mol. The summed E-state index contributed by atoms with van der Waals surface area (Å²) < 4.78 is 14.2. The van der Waals surface area contributed by atoms with Crippen LogP contribution >= 0.6 is 0 Å². The Morgan fingerprint density at radius 3 is 2.71 bits per heavy atom. The number of aliphatic hydroxyl groups is 1. The maximum absolute atomic E-state index is 11.1. The number of esters is 1. The number of methoxy groups -OCH3 is 2. The first-order valence-electron chi connectivity index (χ1n) is 4.02. The van der Waals surface area contributed by atoms with Crippen LogP contribution in [-0.4, -0.2) is 31.4 Å². The van der Waals surface area contributed by atoms with Crippen molar-refractivity contribution in [3.05, 3.63) is 24.2 Å². The number of furan rings is 1. The fourth-order valence-electron chi connectivity index (χ4n) is 1.08. The van der Waals surface area contributed by atoms with Crippen molar-refractivity contribution in [2.45, 2.75) is 12.2 Å². The molecule has 5 heteroatoms. The second-order valence-corrected chi connectivity index (χ2v) is 2.64. The molecule has 0 bridgehead atoms. The molecule has 0 aliphatic carbocycles. The van der Waals surface area contributed by atoms with Crippen molar-refractivity contribution < 1.29 is 23.8 Å². The number of carbonyl (C=O) groups is 1. The molecule has 0 aromatic carbocycles. The van der Waals surface area contributed by atoms with Gasteiger partial charge >= 0.3 is 5.97 Å². The van der Waals surface area contributed by atoms with Crippen LogP contribution in [-0.2, 0) is 14.3 Å². The summed E-state index contributed by atoms with van der Waals surface area (Å²) in [5.41, 5.74) is 0. The van der Waals surface area contributed by atoms with Crippen LogP contribution in [0.1, 0.15) is 11.9 Å². The topological polar surface area (TPSA) is 68.9 Å². The van der Waals surface area contributed by atoms with Crippen molar-refractivity contribution in [2.75, 3.05) is 14.2 Å². The fourth-order valence-corrected chi connectivity index (χ4v) is 1.08. The molecule has 0 saturated heterocycles. The summed E-state index contributed by atoms with van der Waals surface area (Å²) in [5, 5.41) is 9.65. The number of hydrogen-bond donors (Lipinski definition) is 1. The summed E-state index contributed by atoms with van der Waals surface area (Å²) in [7, 11) is 2.54. The van der Waals surface area contributed by atoms with Crippen molar-refractivity contribution in [3.63, 3.8) is 0 Å². The van der Waals surface area contributed by atoms with Gasteiger partial charge in [-0.3, -0.25) is 0 Å². The van der Waals surface area contributed by atoms with Crippen LogP contribution in [0.25, 0.3) is 0 Å². The largest absolute Gasteiger partial charge is 0.467 e. The molecule has 1 aromatic heterocycles. The van der Waals surface area contributed by atoms with Crippen molar-refractivity contribution >= 4 is 5.97 Å². The van der Waals surface area contributed by atoms with Gasteiger partial charge in [-0.15, -0.1) is 0 Å². The Labute approximate surface area is 81.2 Å². The molecule has 0 fully saturated rings. The second-order valence-electron chi connectivity index (χ2n) is 2.64. The molecule has 1 rings (SSSR count). The number of ether oxygens (including phenoxy) is 2. The lowest BCUT2D eigenvalue weighted by molar-refractivity contribution is -0.160. The lowest BCUT2D eigenvalue weighted by atomic mass is 10.1. The van der Waals surface area contributed by atoms with Gasteiger partial charge in [0.2, 0.25) is 0 Å². The van der Waals surface area contributed by atoms with E-state index in [0.29, 0.717) is 0 Å². The smallest absolute Gasteiger partial charge is 0.338 e. The first-order valence-corrected chi connectivity index (χ1v) is 4.02. The van der Waals surface area contributed by atoms with Gasteiger partial charge in [0.25, 0.3) is 0 Å². The maximum Gasteiger partial charge on any atom is 0.338 e. The van der Waals surface area contributed by atoms with Gasteiger partial charge in [0.1, 0.15) is 11.9 Å². The minimum absolute atomic E-state index is 0.266.